The average Bonchev–Trinajstić information content (AvgIpc) is 3.11. The van der Waals surface area contributed by atoms with Crippen molar-refractivity contribution in [3.63, 3.8) is 0 Å². The lowest BCUT2D eigenvalue weighted by molar-refractivity contribution is 0.174. The van der Waals surface area contributed by atoms with Crippen molar-refractivity contribution < 1.29 is 9.84 Å². The molecule has 0 spiro atoms. The van der Waals surface area contributed by atoms with Crippen LogP contribution >= 0.6 is 0 Å². The normalized spacial score (nSPS) is 12.1. The number of methoxy groups -OCH3 is 1. The summed E-state index contributed by atoms with van der Waals surface area (Å²) < 4.78 is 5.19. The van der Waals surface area contributed by atoms with Gasteiger partial charge in [-0.05, 0) is 23.3 Å². The Labute approximate surface area is 141 Å². The summed E-state index contributed by atoms with van der Waals surface area (Å²) in [6.07, 6.45) is 1.22. The molecule has 124 valence electrons. The number of rotatable bonds is 7. The van der Waals surface area contributed by atoms with Crippen LogP contribution in [0.4, 0.5) is 0 Å². The number of hydrogen-bond acceptors (Lipinski definition) is 4. The highest BCUT2D eigenvalue weighted by Crippen LogP contribution is 2.21. The monoisotopic (exact) mass is 323 g/mol. The van der Waals surface area contributed by atoms with Crippen LogP contribution in [0.3, 0.4) is 0 Å². The van der Waals surface area contributed by atoms with Crippen LogP contribution in [0.2, 0.25) is 0 Å². The highest BCUT2D eigenvalue weighted by Gasteiger charge is 2.10. The van der Waals surface area contributed by atoms with Crippen LogP contribution in [-0.4, -0.2) is 29.0 Å². The highest BCUT2D eigenvalue weighted by atomic mass is 16.5. The van der Waals surface area contributed by atoms with E-state index in [4.69, 9.17) is 4.74 Å². The number of aliphatic hydroxyl groups excluding tert-OH is 1. The molecular weight excluding hydrogens is 302 g/mol. The minimum Gasteiger partial charge on any atom is -0.497 e. The average molecular weight is 323 g/mol. The van der Waals surface area contributed by atoms with Gasteiger partial charge in [-0.1, -0.05) is 42.5 Å². The summed E-state index contributed by atoms with van der Waals surface area (Å²) >= 11 is 0. The van der Waals surface area contributed by atoms with Crippen LogP contribution in [-0.2, 0) is 6.54 Å². The first-order valence-electron chi connectivity index (χ1n) is 7.88. The Morgan fingerprint density at radius 3 is 2.79 bits per heavy atom. The minimum absolute atomic E-state index is 0.451. The minimum atomic E-state index is -0.591. The van der Waals surface area contributed by atoms with Gasteiger partial charge in [-0.25, -0.2) is 0 Å². The van der Waals surface area contributed by atoms with Crippen molar-refractivity contribution in [2.24, 2.45) is 0 Å². The molecule has 0 radical (unpaired) electrons. The lowest BCUT2D eigenvalue weighted by atomic mass is 10.1. The van der Waals surface area contributed by atoms with Gasteiger partial charge >= 0.3 is 0 Å². The van der Waals surface area contributed by atoms with E-state index >= 15 is 0 Å². The smallest absolute Gasteiger partial charge is 0.119 e. The number of nitrogens with zero attached hydrogens (tertiary/aromatic N) is 1. The van der Waals surface area contributed by atoms with Crippen LogP contribution < -0.4 is 10.1 Å². The van der Waals surface area contributed by atoms with E-state index in [1.165, 1.54) is 0 Å². The summed E-state index contributed by atoms with van der Waals surface area (Å²) in [5, 5.41) is 20.8. The van der Waals surface area contributed by atoms with E-state index < -0.39 is 6.10 Å². The van der Waals surface area contributed by atoms with Crippen LogP contribution in [0.5, 0.6) is 5.75 Å². The topological polar surface area (TPSA) is 70.2 Å². The molecule has 0 bridgehead atoms. The Balaban J connectivity index is 1.60. The van der Waals surface area contributed by atoms with Crippen molar-refractivity contribution in [2.45, 2.75) is 12.6 Å². The van der Waals surface area contributed by atoms with Crippen molar-refractivity contribution in [2.75, 3.05) is 13.7 Å². The fourth-order valence-electron chi connectivity index (χ4n) is 2.61. The van der Waals surface area contributed by atoms with Gasteiger partial charge in [-0.15, -0.1) is 0 Å². The molecule has 0 aliphatic carbocycles. The van der Waals surface area contributed by atoms with Gasteiger partial charge in [-0.3, -0.25) is 5.10 Å². The van der Waals surface area contributed by atoms with Gasteiger partial charge in [-0.2, -0.15) is 5.10 Å². The van der Waals surface area contributed by atoms with Crippen molar-refractivity contribution in [1.29, 1.82) is 0 Å². The number of aromatic nitrogens is 2. The predicted molar refractivity (Wildman–Crippen MR) is 93.7 cm³/mol. The first-order valence-corrected chi connectivity index (χ1v) is 7.88. The number of H-pyrrole nitrogens is 1. The summed E-state index contributed by atoms with van der Waals surface area (Å²) in [5.41, 5.74) is 4.00. The summed E-state index contributed by atoms with van der Waals surface area (Å²) in [5.74, 6) is 0.743. The molecule has 1 aromatic heterocycles. The Morgan fingerprint density at radius 2 is 2.00 bits per heavy atom. The molecule has 1 heterocycles. The molecule has 3 aromatic rings. The van der Waals surface area contributed by atoms with E-state index in [1.54, 1.807) is 7.11 Å². The summed E-state index contributed by atoms with van der Waals surface area (Å²) in [6, 6.07) is 17.6. The molecule has 24 heavy (non-hydrogen) atoms. The molecule has 0 saturated heterocycles. The fourth-order valence-corrected chi connectivity index (χ4v) is 2.61. The zero-order valence-corrected chi connectivity index (χ0v) is 13.6. The van der Waals surface area contributed by atoms with E-state index in [1.807, 2.05) is 60.8 Å². The third-order valence-corrected chi connectivity index (χ3v) is 3.91. The first-order chi connectivity index (χ1) is 11.8. The summed E-state index contributed by atoms with van der Waals surface area (Å²) in [7, 11) is 1.62. The van der Waals surface area contributed by atoms with E-state index in [2.05, 4.69) is 15.5 Å². The zero-order chi connectivity index (χ0) is 16.8. The number of aromatic amines is 1. The van der Waals surface area contributed by atoms with Crippen molar-refractivity contribution in [1.82, 2.24) is 15.5 Å². The standard InChI is InChI=1S/C19H21N3O2/c1-24-17-9-5-8-15(10-17)18(23)13-20-11-16-12-21-22-19(16)14-6-3-2-4-7-14/h2-10,12,18,20,23H,11,13H2,1H3,(H,21,22). The molecule has 5 nitrogen and oxygen atoms in total. The maximum atomic E-state index is 10.3. The van der Waals surface area contributed by atoms with Crippen LogP contribution in [0, 0.1) is 0 Å². The molecule has 0 saturated carbocycles. The van der Waals surface area contributed by atoms with Crippen LogP contribution in [0.15, 0.2) is 60.8 Å². The lowest BCUT2D eigenvalue weighted by Crippen LogP contribution is -2.21. The maximum absolute atomic E-state index is 10.3. The first kappa shape index (κ1) is 16.2. The predicted octanol–water partition coefficient (Wildman–Crippen LogP) is 2.91. The molecule has 0 aliphatic rings. The number of hydrogen-bond donors (Lipinski definition) is 3. The Bertz CT molecular complexity index is 771. The SMILES string of the molecule is COc1cccc(C(O)CNCc2cn[nH]c2-c2ccccc2)c1. The van der Waals surface area contributed by atoms with E-state index in [0.29, 0.717) is 13.1 Å². The van der Waals surface area contributed by atoms with Gasteiger partial charge in [0.05, 0.1) is 25.1 Å². The molecule has 5 heteroatoms. The number of aliphatic hydroxyl groups is 1. The molecule has 1 atom stereocenters. The Morgan fingerprint density at radius 1 is 1.17 bits per heavy atom. The van der Waals surface area contributed by atoms with Crippen molar-refractivity contribution in [3.8, 4) is 17.0 Å². The summed E-state index contributed by atoms with van der Waals surface area (Å²) in [4.78, 5) is 0. The zero-order valence-electron chi connectivity index (χ0n) is 13.6. The van der Waals surface area contributed by atoms with Gasteiger partial charge in [0, 0.05) is 18.7 Å². The molecule has 0 fully saturated rings. The quantitative estimate of drug-likeness (QED) is 0.625. The largest absolute Gasteiger partial charge is 0.497 e. The van der Waals surface area contributed by atoms with Gasteiger partial charge < -0.3 is 15.2 Å². The van der Waals surface area contributed by atoms with E-state index in [0.717, 1.165) is 28.1 Å². The van der Waals surface area contributed by atoms with Crippen molar-refractivity contribution >= 4 is 0 Å². The second-order valence-electron chi connectivity index (χ2n) is 5.56. The number of nitrogens with one attached hydrogen (secondary N) is 2. The lowest BCUT2D eigenvalue weighted by Gasteiger charge is -2.13. The van der Waals surface area contributed by atoms with E-state index in [9.17, 15) is 5.11 Å². The van der Waals surface area contributed by atoms with Crippen LogP contribution in [0.25, 0.3) is 11.3 Å². The fraction of sp³-hybridized carbons (Fsp3) is 0.211. The highest BCUT2D eigenvalue weighted by molar-refractivity contribution is 5.62. The molecule has 3 N–H and O–H groups in total. The van der Waals surface area contributed by atoms with Crippen molar-refractivity contribution in [3.05, 3.63) is 71.9 Å². The molecular formula is C19H21N3O2. The van der Waals surface area contributed by atoms with Gasteiger partial charge in [0.25, 0.3) is 0 Å². The number of benzene rings is 2. The van der Waals surface area contributed by atoms with Gasteiger partial charge in [0.2, 0.25) is 0 Å². The molecule has 0 amide bonds. The molecule has 3 rings (SSSR count). The number of ether oxygens (including phenoxy) is 1. The molecule has 2 aromatic carbocycles. The maximum Gasteiger partial charge on any atom is 0.119 e. The second-order valence-corrected chi connectivity index (χ2v) is 5.56. The van der Waals surface area contributed by atoms with Crippen LogP contribution in [0.1, 0.15) is 17.2 Å². The Kier molecular flexibility index (Phi) is 5.25. The van der Waals surface area contributed by atoms with E-state index in [-0.39, 0.29) is 0 Å². The van der Waals surface area contributed by atoms with Gasteiger partial charge in [0.15, 0.2) is 0 Å². The third kappa shape index (κ3) is 3.82. The van der Waals surface area contributed by atoms with Gasteiger partial charge in [0.1, 0.15) is 5.75 Å². The second kappa shape index (κ2) is 7.77. The molecule has 1 unspecified atom stereocenters. The summed E-state index contributed by atoms with van der Waals surface area (Å²) in [6.45, 7) is 1.08. The Hall–Kier alpha value is -2.63. The molecule has 0 aliphatic heterocycles. The third-order valence-electron chi connectivity index (χ3n) is 3.91.